The Morgan fingerprint density at radius 1 is 1.33 bits per heavy atom. The Bertz CT molecular complexity index is 190. The van der Waals surface area contributed by atoms with Crippen molar-refractivity contribution in [2.45, 2.75) is 44.8 Å². The van der Waals surface area contributed by atoms with Crippen molar-refractivity contribution in [1.82, 2.24) is 0 Å². The minimum atomic E-state index is -0.255. The summed E-state index contributed by atoms with van der Waals surface area (Å²) in [7, 11) is 0. The summed E-state index contributed by atoms with van der Waals surface area (Å²) in [5.74, 6) is 5.94. The summed E-state index contributed by atoms with van der Waals surface area (Å²) in [6, 6.07) is 0. The van der Waals surface area contributed by atoms with Crippen LogP contribution in [-0.4, -0.2) is 22.4 Å². The fourth-order valence-electron chi connectivity index (χ4n) is 1.68. The molecule has 0 spiro atoms. The quantitative estimate of drug-likeness (QED) is 0.572. The molecule has 0 aromatic heterocycles. The second kappa shape index (κ2) is 4.49. The van der Waals surface area contributed by atoms with Gasteiger partial charge in [-0.05, 0) is 32.1 Å². The Morgan fingerprint density at radius 3 is 2.75 bits per heavy atom. The van der Waals surface area contributed by atoms with Gasteiger partial charge in [0.15, 0.2) is 0 Å². The van der Waals surface area contributed by atoms with Crippen LogP contribution in [0.15, 0.2) is 0 Å². The van der Waals surface area contributed by atoms with Crippen molar-refractivity contribution in [3.63, 3.8) is 0 Å². The fourth-order valence-corrected chi connectivity index (χ4v) is 1.68. The molecule has 0 aromatic carbocycles. The van der Waals surface area contributed by atoms with Gasteiger partial charge in [-0.2, -0.15) is 0 Å². The van der Waals surface area contributed by atoms with Crippen LogP contribution in [0.2, 0.25) is 0 Å². The van der Waals surface area contributed by atoms with E-state index in [0.717, 1.165) is 12.8 Å². The summed E-state index contributed by atoms with van der Waals surface area (Å²) in [6.45, 7) is 1.80. The molecule has 0 heterocycles. The van der Waals surface area contributed by atoms with E-state index in [1.54, 1.807) is 6.92 Å². The average molecular weight is 168 g/mol. The molecule has 0 saturated heterocycles. The van der Waals surface area contributed by atoms with E-state index in [2.05, 4.69) is 11.8 Å². The van der Waals surface area contributed by atoms with E-state index in [4.69, 9.17) is 0 Å². The number of rotatable bonds is 1. The van der Waals surface area contributed by atoms with Crippen LogP contribution in [-0.2, 0) is 0 Å². The van der Waals surface area contributed by atoms with Crippen molar-refractivity contribution in [2.24, 2.45) is 5.92 Å². The lowest BCUT2D eigenvalue weighted by molar-refractivity contribution is 0.00901. The molecular weight excluding hydrogens is 152 g/mol. The van der Waals surface area contributed by atoms with Crippen LogP contribution in [0.4, 0.5) is 0 Å². The van der Waals surface area contributed by atoms with Crippen LogP contribution >= 0.6 is 0 Å². The molecule has 0 bridgehead atoms. The Morgan fingerprint density at radius 2 is 2.08 bits per heavy atom. The molecule has 3 unspecified atom stereocenters. The Hall–Kier alpha value is -0.520. The van der Waals surface area contributed by atoms with Crippen LogP contribution < -0.4 is 0 Å². The number of hydrogen-bond donors (Lipinski definition) is 2. The van der Waals surface area contributed by atoms with Gasteiger partial charge in [-0.15, -0.1) is 11.8 Å². The minimum absolute atomic E-state index is 0.182. The molecule has 1 saturated carbocycles. The van der Waals surface area contributed by atoms with Crippen molar-refractivity contribution in [3.05, 3.63) is 0 Å². The minimum Gasteiger partial charge on any atom is -0.393 e. The zero-order chi connectivity index (χ0) is 8.97. The first-order valence-electron chi connectivity index (χ1n) is 4.49. The fraction of sp³-hybridized carbons (Fsp3) is 0.800. The predicted molar refractivity (Wildman–Crippen MR) is 47.4 cm³/mol. The van der Waals surface area contributed by atoms with Crippen molar-refractivity contribution >= 4 is 0 Å². The van der Waals surface area contributed by atoms with Crippen LogP contribution in [0.25, 0.3) is 0 Å². The van der Waals surface area contributed by atoms with Gasteiger partial charge in [0.05, 0.1) is 12.2 Å². The largest absolute Gasteiger partial charge is 0.393 e. The van der Waals surface area contributed by atoms with Crippen LogP contribution in [0, 0.1) is 17.8 Å². The molecule has 3 atom stereocenters. The Kier molecular flexibility index (Phi) is 3.58. The topological polar surface area (TPSA) is 40.5 Å². The maximum absolute atomic E-state index is 9.53. The molecule has 0 aliphatic heterocycles. The van der Waals surface area contributed by atoms with Crippen LogP contribution in [0.1, 0.15) is 32.6 Å². The van der Waals surface area contributed by atoms with Gasteiger partial charge >= 0.3 is 0 Å². The van der Waals surface area contributed by atoms with Crippen LogP contribution in [0.3, 0.4) is 0 Å². The van der Waals surface area contributed by atoms with Gasteiger partial charge in [-0.1, -0.05) is 0 Å². The second-order valence-corrected chi connectivity index (χ2v) is 3.43. The summed E-state index contributed by atoms with van der Waals surface area (Å²) < 4.78 is 0. The molecule has 68 valence electrons. The molecule has 1 rings (SSSR count). The molecule has 1 fully saturated rings. The molecule has 0 amide bonds. The van der Waals surface area contributed by atoms with E-state index in [-0.39, 0.29) is 18.1 Å². The number of hydrogen-bond acceptors (Lipinski definition) is 2. The molecule has 2 N–H and O–H groups in total. The molecule has 0 radical (unpaired) electrons. The molecule has 2 nitrogen and oxygen atoms in total. The second-order valence-electron chi connectivity index (χ2n) is 3.43. The lowest BCUT2D eigenvalue weighted by Gasteiger charge is -2.29. The monoisotopic (exact) mass is 168 g/mol. The van der Waals surface area contributed by atoms with Crippen molar-refractivity contribution < 1.29 is 10.2 Å². The van der Waals surface area contributed by atoms with Crippen LogP contribution in [0.5, 0.6) is 0 Å². The number of aliphatic hydroxyl groups excluding tert-OH is 2. The summed E-state index contributed by atoms with van der Waals surface area (Å²) >= 11 is 0. The van der Waals surface area contributed by atoms with Gasteiger partial charge in [0.2, 0.25) is 0 Å². The highest BCUT2D eigenvalue weighted by atomic mass is 16.3. The first kappa shape index (κ1) is 9.57. The SMILES string of the molecule is CC#CCC1CC(O)CCC1O. The zero-order valence-corrected chi connectivity index (χ0v) is 7.45. The predicted octanol–water partition coefficient (Wildman–Crippen LogP) is 0.922. The smallest absolute Gasteiger partial charge is 0.0579 e. The standard InChI is InChI=1S/C10H16O2/c1-2-3-4-8-7-9(11)5-6-10(8)12/h8-12H,4-7H2,1H3. The van der Waals surface area contributed by atoms with E-state index in [1.165, 1.54) is 0 Å². The highest BCUT2D eigenvalue weighted by Crippen LogP contribution is 2.26. The third-order valence-corrected chi connectivity index (χ3v) is 2.46. The van der Waals surface area contributed by atoms with Crippen molar-refractivity contribution in [1.29, 1.82) is 0 Å². The third kappa shape index (κ3) is 2.51. The maximum Gasteiger partial charge on any atom is 0.0579 e. The van der Waals surface area contributed by atoms with E-state index >= 15 is 0 Å². The van der Waals surface area contributed by atoms with Gasteiger partial charge in [-0.3, -0.25) is 0 Å². The molecule has 12 heavy (non-hydrogen) atoms. The van der Waals surface area contributed by atoms with Gasteiger partial charge in [0.1, 0.15) is 0 Å². The Labute approximate surface area is 73.6 Å². The van der Waals surface area contributed by atoms with E-state index in [0.29, 0.717) is 12.8 Å². The number of aliphatic hydroxyl groups is 2. The van der Waals surface area contributed by atoms with E-state index in [9.17, 15) is 10.2 Å². The summed E-state index contributed by atoms with van der Waals surface area (Å²) in [5.41, 5.74) is 0. The highest BCUT2D eigenvalue weighted by molar-refractivity contribution is 4.98. The molecule has 2 heteroatoms. The highest BCUT2D eigenvalue weighted by Gasteiger charge is 2.27. The zero-order valence-electron chi connectivity index (χ0n) is 7.45. The normalized spacial score (nSPS) is 35.4. The molecule has 1 aliphatic rings. The van der Waals surface area contributed by atoms with Gasteiger partial charge in [0, 0.05) is 6.42 Å². The summed E-state index contributed by atoms with van der Waals surface area (Å²) in [5, 5.41) is 18.9. The molecule has 0 aromatic rings. The Balaban J connectivity index is 2.41. The lowest BCUT2D eigenvalue weighted by atomic mass is 9.83. The van der Waals surface area contributed by atoms with E-state index in [1.807, 2.05) is 0 Å². The average Bonchev–Trinajstić information content (AvgIpc) is 2.07. The molecule has 1 aliphatic carbocycles. The first-order chi connectivity index (χ1) is 5.74. The van der Waals surface area contributed by atoms with Gasteiger partial charge in [-0.25, -0.2) is 0 Å². The lowest BCUT2D eigenvalue weighted by Crippen LogP contribution is -2.31. The first-order valence-corrected chi connectivity index (χ1v) is 4.49. The summed E-state index contributed by atoms with van der Waals surface area (Å²) in [4.78, 5) is 0. The third-order valence-electron chi connectivity index (χ3n) is 2.46. The van der Waals surface area contributed by atoms with Crippen molar-refractivity contribution in [2.75, 3.05) is 0 Å². The molecular formula is C10H16O2. The van der Waals surface area contributed by atoms with Gasteiger partial charge < -0.3 is 10.2 Å². The summed E-state index contributed by atoms with van der Waals surface area (Å²) in [6.07, 6.45) is 2.39. The maximum atomic E-state index is 9.53. The van der Waals surface area contributed by atoms with Gasteiger partial charge in [0.25, 0.3) is 0 Å². The van der Waals surface area contributed by atoms with E-state index < -0.39 is 0 Å². The van der Waals surface area contributed by atoms with Crippen molar-refractivity contribution in [3.8, 4) is 11.8 Å².